The minimum absolute atomic E-state index is 0.289. The first kappa shape index (κ1) is 11.2. The standard InChI is InChI=1S/C8H18ClNO/c1-4-7(2)10-8(5-9)6-11-3/h7-8,10H,4-6H2,1-3H3. The molecule has 0 rings (SSSR count). The van der Waals surface area contributed by atoms with Gasteiger partial charge in [-0.25, -0.2) is 0 Å². The number of ether oxygens (including phenoxy) is 1. The van der Waals surface area contributed by atoms with Gasteiger partial charge in [-0.1, -0.05) is 6.92 Å². The number of hydrogen-bond donors (Lipinski definition) is 1. The highest BCUT2D eigenvalue weighted by atomic mass is 35.5. The lowest BCUT2D eigenvalue weighted by Crippen LogP contribution is -2.40. The average molecular weight is 180 g/mol. The smallest absolute Gasteiger partial charge is 0.0627 e. The predicted molar refractivity (Wildman–Crippen MR) is 49.3 cm³/mol. The molecule has 11 heavy (non-hydrogen) atoms. The molecule has 0 aliphatic heterocycles. The summed E-state index contributed by atoms with van der Waals surface area (Å²) in [5.41, 5.74) is 0. The van der Waals surface area contributed by atoms with Crippen molar-refractivity contribution in [2.75, 3.05) is 19.6 Å². The summed E-state index contributed by atoms with van der Waals surface area (Å²) in [5.74, 6) is 0.609. The number of hydrogen-bond acceptors (Lipinski definition) is 2. The van der Waals surface area contributed by atoms with Crippen LogP contribution in [0.25, 0.3) is 0 Å². The third-order valence-electron chi connectivity index (χ3n) is 1.69. The summed E-state index contributed by atoms with van der Waals surface area (Å²) in [6.45, 7) is 4.98. The fourth-order valence-corrected chi connectivity index (χ4v) is 1.04. The van der Waals surface area contributed by atoms with E-state index < -0.39 is 0 Å². The van der Waals surface area contributed by atoms with Crippen LogP contribution >= 0.6 is 11.6 Å². The van der Waals surface area contributed by atoms with Crippen LogP contribution in [0, 0.1) is 0 Å². The second-order valence-corrected chi connectivity index (χ2v) is 3.09. The van der Waals surface area contributed by atoms with Gasteiger partial charge in [-0.15, -0.1) is 11.6 Å². The van der Waals surface area contributed by atoms with Gasteiger partial charge in [0.25, 0.3) is 0 Å². The van der Waals surface area contributed by atoms with Crippen LogP contribution in [-0.4, -0.2) is 31.7 Å². The normalized spacial score (nSPS) is 16.4. The second kappa shape index (κ2) is 6.89. The van der Waals surface area contributed by atoms with Crippen LogP contribution in [-0.2, 0) is 4.74 Å². The van der Waals surface area contributed by atoms with E-state index in [0.717, 1.165) is 6.42 Å². The van der Waals surface area contributed by atoms with Crippen molar-refractivity contribution in [1.82, 2.24) is 5.32 Å². The van der Waals surface area contributed by atoms with Gasteiger partial charge in [-0.2, -0.15) is 0 Å². The van der Waals surface area contributed by atoms with Gasteiger partial charge in [0, 0.05) is 25.1 Å². The van der Waals surface area contributed by atoms with Crippen molar-refractivity contribution >= 4 is 11.6 Å². The van der Waals surface area contributed by atoms with Gasteiger partial charge in [-0.05, 0) is 13.3 Å². The van der Waals surface area contributed by atoms with E-state index in [1.807, 2.05) is 0 Å². The Bertz CT molecular complexity index is 90.2. The quantitative estimate of drug-likeness (QED) is 0.626. The van der Waals surface area contributed by atoms with Gasteiger partial charge in [-0.3, -0.25) is 0 Å². The molecule has 0 heterocycles. The lowest BCUT2D eigenvalue weighted by atomic mass is 10.2. The molecule has 0 saturated carbocycles. The van der Waals surface area contributed by atoms with Gasteiger partial charge in [0.05, 0.1) is 6.61 Å². The van der Waals surface area contributed by atoms with Gasteiger partial charge >= 0.3 is 0 Å². The molecule has 0 saturated heterocycles. The Balaban J connectivity index is 3.49. The molecule has 0 amide bonds. The molecule has 0 radical (unpaired) electrons. The third kappa shape index (κ3) is 5.48. The van der Waals surface area contributed by atoms with Crippen LogP contribution in [0.5, 0.6) is 0 Å². The highest BCUT2D eigenvalue weighted by molar-refractivity contribution is 6.18. The first-order valence-electron chi connectivity index (χ1n) is 4.05. The maximum Gasteiger partial charge on any atom is 0.0627 e. The molecule has 0 fully saturated rings. The van der Waals surface area contributed by atoms with E-state index in [4.69, 9.17) is 16.3 Å². The van der Waals surface area contributed by atoms with Crippen molar-refractivity contribution in [3.63, 3.8) is 0 Å². The molecule has 0 spiro atoms. The Hall–Kier alpha value is 0.210. The SMILES string of the molecule is CCC(C)NC(CCl)COC. The molecule has 0 aliphatic rings. The van der Waals surface area contributed by atoms with Crippen LogP contribution in [0.4, 0.5) is 0 Å². The van der Waals surface area contributed by atoms with Gasteiger partial charge in [0.1, 0.15) is 0 Å². The lowest BCUT2D eigenvalue weighted by Gasteiger charge is -2.19. The first-order valence-corrected chi connectivity index (χ1v) is 4.59. The summed E-state index contributed by atoms with van der Waals surface area (Å²) in [6, 6.07) is 0.811. The van der Waals surface area contributed by atoms with E-state index in [-0.39, 0.29) is 6.04 Å². The summed E-state index contributed by atoms with van der Waals surface area (Å²) in [6.07, 6.45) is 1.12. The Kier molecular flexibility index (Phi) is 7.02. The predicted octanol–water partition coefficient (Wildman–Crippen LogP) is 1.63. The number of rotatable bonds is 6. The molecule has 2 unspecified atom stereocenters. The minimum atomic E-state index is 0.289. The summed E-state index contributed by atoms with van der Waals surface area (Å²) in [5, 5.41) is 3.36. The minimum Gasteiger partial charge on any atom is -0.383 e. The maximum atomic E-state index is 5.70. The molecule has 0 aliphatic carbocycles. The first-order chi connectivity index (χ1) is 5.24. The molecule has 1 N–H and O–H groups in total. The van der Waals surface area contributed by atoms with E-state index in [1.54, 1.807) is 7.11 Å². The van der Waals surface area contributed by atoms with E-state index in [2.05, 4.69) is 19.2 Å². The highest BCUT2D eigenvalue weighted by Crippen LogP contribution is 1.95. The van der Waals surface area contributed by atoms with Crippen molar-refractivity contribution in [1.29, 1.82) is 0 Å². The summed E-state index contributed by atoms with van der Waals surface area (Å²) in [4.78, 5) is 0. The van der Waals surface area contributed by atoms with Gasteiger partial charge in [0.15, 0.2) is 0 Å². The molecular formula is C8H18ClNO. The summed E-state index contributed by atoms with van der Waals surface area (Å²) >= 11 is 5.70. The third-order valence-corrected chi connectivity index (χ3v) is 2.06. The number of alkyl halides is 1. The monoisotopic (exact) mass is 179 g/mol. The van der Waals surface area contributed by atoms with Gasteiger partial charge in [0.2, 0.25) is 0 Å². The largest absolute Gasteiger partial charge is 0.383 e. The van der Waals surface area contributed by atoms with Crippen LogP contribution in [0.1, 0.15) is 20.3 Å². The summed E-state index contributed by atoms with van der Waals surface area (Å²) in [7, 11) is 1.69. The highest BCUT2D eigenvalue weighted by Gasteiger charge is 2.08. The molecular weight excluding hydrogens is 162 g/mol. The number of halogens is 1. The van der Waals surface area contributed by atoms with Crippen molar-refractivity contribution < 1.29 is 4.74 Å². The van der Waals surface area contributed by atoms with Crippen molar-refractivity contribution in [2.24, 2.45) is 0 Å². The van der Waals surface area contributed by atoms with Crippen LogP contribution in [0.15, 0.2) is 0 Å². The zero-order chi connectivity index (χ0) is 8.69. The van der Waals surface area contributed by atoms with Crippen molar-refractivity contribution in [3.8, 4) is 0 Å². The molecule has 0 bridgehead atoms. The topological polar surface area (TPSA) is 21.3 Å². The fraction of sp³-hybridized carbons (Fsp3) is 1.00. The Morgan fingerprint density at radius 1 is 1.55 bits per heavy atom. The Labute approximate surface area is 74.3 Å². The van der Waals surface area contributed by atoms with Crippen molar-refractivity contribution in [2.45, 2.75) is 32.4 Å². The molecule has 0 aromatic heterocycles. The van der Waals surface area contributed by atoms with Gasteiger partial charge < -0.3 is 10.1 Å². The zero-order valence-electron chi connectivity index (χ0n) is 7.56. The average Bonchev–Trinajstić information content (AvgIpc) is 2.03. The molecule has 3 heteroatoms. The fourth-order valence-electron chi connectivity index (χ4n) is 0.859. The van der Waals surface area contributed by atoms with Crippen molar-refractivity contribution in [3.05, 3.63) is 0 Å². The van der Waals surface area contributed by atoms with E-state index in [1.165, 1.54) is 0 Å². The zero-order valence-corrected chi connectivity index (χ0v) is 8.32. The Morgan fingerprint density at radius 3 is 2.55 bits per heavy atom. The van der Waals surface area contributed by atoms with Crippen LogP contribution in [0.2, 0.25) is 0 Å². The second-order valence-electron chi connectivity index (χ2n) is 2.78. The van der Waals surface area contributed by atoms with E-state index in [9.17, 15) is 0 Å². The van der Waals surface area contributed by atoms with Crippen LogP contribution in [0.3, 0.4) is 0 Å². The Morgan fingerprint density at radius 2 is 2.18 bits per heavy atom. The molecule has 0 aromatic rings. The molecule has 2 atom stereocenters. The molecule has 2 nitrogen and oxygen atoms in total. The van der Waals surface area contributed by atoms with E-state index in [0.29, 0.717) is 18.5 Å². The molecule has 0 aromatic carbocycles. The molecule has 68 valence electrons. The maximum absolute atomic E-state index is 5.70. The lowest BCUT2D eigenvalue weighted by molar-refractivity contribution is 0.168. The number of nitrogens with one attached hydrogen (secondary N) is 1. The van der Waals surface area contributed by atoms with Crippen LogP contribution < -0.4 is 5.32 Å². The number of methoxy groups -OCH3 is 1. The van der Waals surface area contributed by atoms with E-state index >= 15 is 0 Å². The summed E-state index contributed by atoms with van der Waals surface area (Å²) < 4.78 is 4.99.